The van der Waals surface area contributed by atoms with Crippen LogP contribution in [0.15, 0.2) is 29.5 Å². The molecule has 0 saturated heterocycles. The van der Waals surface area contributed by atoms with E-state index in [2.05, 4.69) is 20.1 Å². The first-order valence-electron chi connectivity index (χ1n) is 6.15. The molecule has 0 saturated carbocycles. The highest BCUT2D eigenvalue weighted by atomic mass is 16.4. The van der Waals surface area contributed by atoms with Gasteiger partial charge < -0.3 is 5.11 Å². The third-order valence-electron chi connectivity index (χ3n) is 3.08. The normalized spacial score (nSPS) is 10.9. The zero-order valence-electron chi connectivity index (χ0n) is 11.1. The van der Waals surface area contributed by atoms with Gasteiger partial charge in [-0.2, -0.15) is 0 Å². The number of hydrogen-bond acceptors (Lipinski definition) is 5. The van der Waals surface area contributed by atoms with E-state index in [9.17, 15) is 9.59 Å². The highest BCUT2D eigenvalue weighted by Crippen LogP contribution is 2.15. The predicted molar refractivity (Wildman–Crippen MR) is 72.9 cm³/mol. The molecule has 0 unspecified atom stereocenters. The fourth-order valence-electron chi connectivity index (χ4n) is 2.09. The Morgan fingerprint density at radius 1 is 1.43 bits per heavy atom. The van der Waals surface area contributed by atoms with E-state index >= 15 is 0 Å². The number of fused-ring (bicyclic) bond motifs is 1. The minimum absolute atomic E-state index is 0.160. The number of nitrogens with zero attached hydrogens (tertiary/aromatic N) is 4. The van der Waals surface area contributed by atoms with Crippen molar-refractivity contribution in [2.45, 2.75) is 13.3 Å². The van der Waals surface area contributed by atoms with Gasteiger partial charge in [-0.3, -0.25) is 24.7 Å². The Hall–Kier alpha value is -3.03. The van der Waals surface area contributed by atoms with Gasteiger partial charge in [-0.05, 0) is 6.92 Å². The number of nitrogens with one attached hydrogen (secondary N) is 1. The predicted octanol–water partition coefficient (Wildman–Crippen LogP) is 0.415. The molecule has 106 valence electrons. The Labute approximate surface area is 118 Å². The molecule has 3 aromatic rings. The van der Waals surface area contributed by atoms with Gasteiger partial charge in [0.15, 0.2) is 5.65 Å². The molecule has 0 radical (unpaired) electrons. The van der Waals surface area contributed by atoms with Crippen LogP contribution in [0.25, 0.3) is 17.0 Å². The minimum atomic E-state index is -1.07. The van der Waals surface area contributed by atoms with Crippen molar-refractivity contribution < 1.29 is 9.90 Å². The summed E-state index contributed by atoms with van der Waals surface area (Å²) in [5.74, 6) is -1.07. The van der Waals surface area contributed by atoms with E-state index in [0.717, 1.165) is 0 Å². The number of aliphatic carboxylic acids is 1. The largest absolute Gasteiger partial charge is 0.481 e. The summed E-state index contributed by atoms with van der Waals surface area (Å²) in [5, 5.41) is 11.7. The van der Waals surface area contributed by atoms with Crippen LogP contribution in [0.3, 0.4) is 0 Å². The number of carbonyl (C=O) groups is 1. The van der Waals surface area contributed by atoms with E-state index in [4.69, 9.17) is 5.11 Å². The van der Waals surface area contributed by atoms with E-state index in [-0.39, 0.29) is 12.0 Å². The summed E-state index contributed by atoms with van der Waals surface area (Å²) in [4.78, 5) is 35.5. The van der Waals surface area contributed by atoms with Crippen molar-refractivity contribution in [2.75, 3.05) is 0 Å². The van der Waals surface area contributed by atoms with Crippen molar-refractivity contribution in [3.63, 3.8) is 0 Å². The summed E-state index contributed by atoms with van der Waals surface area (Å²) in [7, 11) is 0. The Bertz CT molecular complexity index is 882. The van der Waals surface area contributed by atoms with Crippen molar-refractivity contribution >= 4 is 11.6 Å². The number of aromatic amines is 1. The molecule has 0 spiro atoms. The van der Waals surface area contributed by atoms with Crippen LogP contribution in [0.1, 0.15) is 11.3 Å². The van der Waals surface area contributed by atoms with Crippen molar-refractivity contribution in [2.24, 2.45) is 0 Å². The Morgan fingerprint density at radius 2 is 2.24 bits per heavy atom. The van der Waals surface area contributed by atoms with Gasteiger partial charge in [0.05, 0.1) is 23.9 Å². The van der Waals surface area contributed by atoms with Crippen LogP contribution in [0.2, 0.25) is 0 Å². The standard InChI is InChI=1S/C13H11N5O3/c1-7-8(4-12(19)20)13(21)18-11(16-7)5-9(17-18)10-6-14-2-3-15-10/h2-3,5-6,17H,4H2,1H3,(H,19,20). The van der Waals surface area contributed by atoms with Crippen molar-refractivity contribution in [1.82, 2.24) is 24.6 Å². The van der Waals surface area contributed by atoms with E-state index < -0.39 is 11.5 Å². The molecule has 3 aromatic heterocycles. The highest BCUT2D eigenvalue weighted by molar-refractivity contribution is 5.70. The fourth-order valence-corrected chi connectivity index (χ4v) is 2.09. The van der Waals surface area contributed by atoms with E-state index in [1.165, 1.54) is 10.7 Å². The molecule has 0 aromatic carbocycles. The molecule has 0 fully saturated rings. The molecule has 0 aliphatic carbocycles. The number of H-pyrrole nitrogens is 1. The minimum Gasteiger partial charge on any atom is -0.481 e. The molecule has 8 heteroatoms. The zero-order valence-corrected chi connectivity index (χ0v) is 11.1. The molecule has 0 atom stereocenters. The van der Waals surface area contributed by atoms with Crippen molar-refractivity contribution in [3.8, 4) is 11.4 Å². The average molecular weight is 285 g/mol. The van der Waals surface area contributed by atoms with Crippen LogP contribution in [0.4, 0.5) is 0 Å². The molecule has 3 heterocycles. The highest BCUT2D eigenvalue weighted by Gasteiger charge is 2.15. The van der Waals surface area contributed by atoms with Gasteiger partial charge >= 0.3 is 5.97 Å². The maximum absolute atomic E-state index is 12.3. The molecule has 0 amide bonds. The SMILES string of the molecule is Cc1nc2cc(-c3cnccn3)[nH]n2c(=O)c1CC(=O)O. The van der Waals surface area contributed by atoms with Crippen molar-refractivity contribution in [1.29, 1.82) is 0 Å². The summed E-state index contributed by atoms with van der Waals surface area (Å²) in [6.45, 7) is 1.62. The summed E-state index contributed by atoms with van der Waals surface area (Å²) >= 11 is 0. The molecule has 21 heavy (non-hydrogen) atoms. The fraction of sp³-hybridized carbons (Fsp3) is 0.154. The molecular formula is C13H11N5O3. The van der Waals surface area contributed by atoms with Crippen molar-refractivity contribution in [3.05, 3.63) is 46.3 Å². The van der Waals surface area contributed by atoms with Crippen LogP contribution in [-0.2, 0) is 11.2 Å². The Balaban J connectivity index is 2.21. The summed E-state index contributed by atoms with van der Waals surface area (Å²) in [5.41, 5.74) is 1.71. The molecule has 8 nitrogen and oxygen atoms in total. The third-order valence-corrected chi connectivity index (χ3v) is 3.08. The second-order valence-electron chi connectivity index (χ2n) is 4.51. The van der Waals surface area contributed by atoms with Gasteiger partial charge in [0.1, 0.15) is 5.69 Å². The van der Waals surface area contributed by atoms with Gasteiger partial charge in [0.2, 0.25) is 0 Å². The first kappa shape index (κ1) is 13.0. The lowest BCUT2D eigenvalue weighted by molar-refractivity contribution is -0.136. The summed E-state index contributed by atoms with van der Waals surface area (Å²) < 4.78 is 1.22. The molecule has 0 aliphatic rings. The molecule has 3 rings (SSSR count). The van der Waals surface area contributed by atoms with Gasteiger partial charge in [-0.1, -0.05) is 0 Å². The van der Waals surface area contributed by atoms with Gasteiger partial charge in [0.25, 0.3) is 5.56 Å². The molecule has 0 aliphatic heterocycles. The van der Waals surface area contributed by atoms with Gasteiger partial charge in [-0.25, -0.2) is 9.50 Å². The first-order valence-corrected chi connectivity index (χ1v) is 6.15. The quantitative estimate of drug-likeness (QED) is 0.720. The third kappa shape index (κ3) is 2.27. The summed E-state index contributed by atoms with van der Waals surface area (Å²) in [6.07, 6.45) is 4.28. The molecular weight excluding hydrogens is 274 g/mol. The van der Waals surface area contributed by atoms with E-state index in [0.29, 0.717) is 22.7 Å². The van der Waals surface area contributed by atoms with Crippen LogP contribution >= 0.6 is 0 Å². The summed E-state index contributed by atoms with van der Waals surface area (Å²) in [6, 6.07) is 1.67. The monoisotopic (exact) mass is 285 g/mol. The lowest BCUT2D eigenvalue weighted by atomic mass is 10.2. The topological polar surface area (TPSA) is 113 Å². The number of aromatic nitrogens is 5. The maximum atomic E-state index is 12.3. The van der Waals surface area contributed by atoms with Crippen LogP contribution in [0, 0.1) is 6.92 Å². The van der Waals surface area contributed by atoms with Crippen LogP contribution < -0.4 is 5.56 Å². The lowest BCUT2D eigenvalue weighted by Crippen LogP contribution is -2.23. The number of rotatable bonds is 3. The number of aryl methyl sites for hydroxylation is 1. The zero-order chi connectivity index (χ0) is 15.0. The Morgan fingerprint density at radius 3 is 2.90 bits per heavy atom. The average Bonchev–Trinajstić information content (AvgIpc) is 2.88. The molecule has 0 bridgehead atoms. The first-order chi connectivity index (χ1) is 10.1. The van der Waals surface area contributed by atoms with E-state index in [1.54, 1.807) is 25.4 Å². The second-order valence-corrected chi connectivity index (χ2v) is 4.51. The number of hydrogen-bond donors (Lipinski definition) is 2. The smallest absolute Gasteiger partial charge is 0.308 e. The number of carboxylic acid groups (broad SMARTS) is 1. The lowest BCUT2D eigenvalue weighted by Gasteiger charge is -2.02. The van der Waals surface area contributed by atoms with E-state index in [1.807, 2.05) is 0 Å². The van der Waals surface area contributed by atoms with Crippen LogP contribution in [0.5, 0.6) is 0 Å². The maximum Gasteiger partial charge on any atom is 0.308 e. The number of carboxylic acids is 1. The Kier molecular flexibility index (Phi) is 2.98. The van der Waals surface area contributed by atoms with Crippen LogP contribution in [-0.4, -0.2) is 35.6 Å². The van der Waals surface area contributed by atoms with Gasteiger partial charge in [0, 0.05) is 24.2 Å². The van der Waals surface area contributed by atoms with Gasteiger partial charge in [-0.15, -0.1) is 0 Å². The second kappa shape index (κ2) is 4.82. The molecule has 2 N–H and O–H groups in total.